The molecule has 0 atom stereocenters. The van der Waals surface area contributed by atoms with E-state index in [1.165, 1.54) is 11.1 Å². The molecule has 0 bridgehead atoms. The van der Waals surface area contributed by atoms with E-state index in [0.29, 0.717) is 0 Å². The monoisotopic (exact) mass is 300 g/mol. The molecule has 0 radical (unpaired) electrons. The Morgan fingerprint density at radius 2 is 1.77 bits per heavy atom. The summed E-state index contributed by atoms with van der Waals surface area (Å²) in [6.45, 7) is 8.15. The number of carbonyl (C=O) groups excluding carboxylic acids is 1. The second kappa shape index (κ2) is 12.6. The van der Waals surface area contributed by atoms with Gasteiger partial charge in [-0.25, -0.2) is 0 Å². The van der Waals surface area contributed by atoms with Crippen molar-refractivity contribution in [3.05, 3.63) is 59.2 Å². The molecule has 1 rings (SSSR count). The average Bonchev–Trinajstić information content (AvgIpc) is 2.49. The van der Waals surface area contributed by atoms with Crippen molar-refractivity contribution >= 4 is 12.4 Å². The first-order valence-corrected chi connectivity index (χ1v) is 7.54. The van der Waals surface area contributed by atoms with E-state index in [1.807, 2.05) is 44.2 Å². The van der Waals surface area contributed by atoms with Gasteiger partial charge in [-0.15, -0.1) is 0 Å². The van der Waals surface area contributed by atoms with Crippen LogP contribution in [-0.2, 0) is 4.79 Å². The number of hydrogen-bond acceptors (Lipinski definition) is 2. The van der Waals surface area contributed by atoms with Crippen molar-refractivity contribution in [2.75, 3.05) is 7.11 Å². The smallest absolute Gasteiger partial charge is 0.142 e. The maximum atomic E-state index is 10.0. The minimum Gasteiger partial charge on any atom is -0.497 e. The molecule has 2 heteroatoms. The maximum Gasteiger partial charge on any atom is 0.142 e. The van der Waals surface area contributed by atoms with E-state index in [-0.39, 0.29) is 0 Å². The van der Waals surface area contributed by atoms with Gasteiger partial charge in [0, 0.05) is 0 Å². The van der Waals surface area contributed by atoms with Crippen LogP contribution in [0.4, 0.5) is 0 Å². The minimum atomic E-state index is 0.845. The summed E-state index contributed by atoms with van der Waals surface area (Å²) in [5, 5.41) is 0. The highest BCUT2D eigenvalue weighted by Crippen LogP contribution is 2.11. The summed E-state index contributed by atoms with van der Waals surface area (Å²) in [4.78, 5) is 10.0. The lowest BCUT2D eigenvalue weighted by atomic mass is 10.1. The topological polar surface area (TPSA) is 26.3 Å². The molecule has 22 heavy (non-hydrogen) atoms. The fourth-order valence-electron chi connectivity index (χ4n) is 1.70. The standard InChI is InChI=1S/C10H12O.C10H16O/c1-3-4-9-5-7-10(11-2)8-6-9;1-9(2)5-4-6-10(3)7-8-11/h3-8H,1-2H3;5,7-8H,4,6H2,1-3H3/b4-3+;10-7+. The Labute approximate surface area is 135 Å². The van der Waals surface area contributed by atoms with Crippen LogP contribution >= 0.6 is 0 Å². The van der Waals surface area contributed by atoms with Gasteiger partial charge in [0.1, 0.15) is 12.0 Å². The number of allylic oxidation sites excluding steroid dienone is 5. The summed E-state index contributed by atoms with van der Waals surface area (Å²) >= 11 is 0. The highest BCUT2D eigenvalue weighted by molar-refractivity contribution is 5.65. The number of rotatable bonds is 6. The van der Waals surface area contributed by atoms with E-state index < -0.39 is 0 Å². The number of ether oxygens (including phenoxy) is 1. The normalized spacial score (nSPS) is 10.7. The molecule has 2 nitrogen and oxygen atoms in total. The molecule has 0 aliphatic rings. The number of hydrogen-bond donors (Lipinski definition) is 0. The molecule has 120 valence electrons. The number of benzene rings is 1. The zero-order chi connectivity index (χ0) is 16.8. The molecule has 0 saturated heterocycles. The summed E-state index contributed by atoms with van der Waals surface area (Å²) in [5.41, 5.74) is 3.69. The van der Waals surface area contributed by atoms with Crippen LogP contribution in [-0.4, -0.2) is 13.4 Å². The van der Waals surface area contributed by atoms with Crippen molar-refractivity contribution in [2.45, 2.75) is 40.5 Å². The SMILES string of the molecule is C/C=C/c1ccc(OC)cc1.CC(C)=CCC/C(C)=C/C=O. The summed E-state index contributed by atoms with van der Waals surface area (Å²) in [6.07, 6.45) is 10.8. The van der Waals surface area contributed by atoms with Crippen LogP contribution in [0.25, 0.3) is 6.08 Å². The maximum absolute atomic E-state index is 10.0. The largest absolute Gasteiger partial charge is 0.497 e. The number of methoxy groups -OCH3 is 1. The molecule has 0 aromatic heterocycles. The molecular formula is C20H28O2. The fourth-order valence-corrected chi connectivity index (χ4v) is 1.70. The van der Waals surface area contributed by atoms with Crippen LogP contribution in [0.15, 0.2) is 53.6 Å². The van der Waals surface area contributed by atoms with Crippen molar-refractivity contribution in [1.82, 2.24) is 0 Å². The summed E-state index contributed by atoms with van der Waals surface area (Å²) < 4.78 is 5.02. The molecule has 0 fully saturated rings. The van der Waals surface area contributed by atoms with Gasteiger partial charge in [0.05, 0.1) is 7.11 Å². The van der Waals surface area contributed by atoms with Crippen LogP contribution in [0.1, 0.15) is 46.1 Å². The average molecular weight is 300 g/mol. The quantitative estimate of drug-likeness (QED) is 0.388. The third-order valence-electron chi connectivity index (χ3n) is 2.92. The third-order valence-corrected chi connectivity index (χ3v) is 2.92. The molecule has 0 spiro atoms. The van der Waals surface area contributed by atoms with Crippen molar-refractivity contribution in [1.29, 1.82) is 0 Å². The van der Waals surface area contributed by atoms with Gasteiger partial charge in [-0.3, -0.25) is 4.79 Å². The molecular weight excluding hydrogens is 272 g/mol. The van der Waals surface area contributed by atoms with E-state index in [1.54, 1.807) is 13.2 Å². The zero-order valence-electron chi connectivity index (χ0n) is 14.4. The lowest BCUT2D eigenvalue weighted by Gasteiger charge is -1.98. The second-order valence-electron chi connectivity index (χ2n) is 5.24. The molecule has 0 unspecified atom stereocenters. The Morgan fingerprint density at radius 1 is 1.14 bits per heavy atom. The van der Waals surface area contributed by atoms with Gasteiger partial charge in [-0.1, -0.05) is 41.5 Å². The minimum absolute atomic E-state index is 0.845. The predicted molar refractivity (Wildman–Crippen MR) is 96.2 cm³/mol. The molecule has 0 N–H and O–H groups in total. The summed E-state index contributed by atoms with van der Waals surface area (Å²) in [7, 11) is 1.67. The number of aldehydes is 1. The molecule has 0 heterocycles. The van der Waals surface area contributed by atoms with Crippen molar-refractivity contribution in [3.8, 4) is 5.75 Å². The first kappa shape index (κ1) is 19.9. The van der Waals surface area contributed by atoms with Gasteiger partial charge < -0.3 is 4.74 Å². The van der Waals surface area contributed by atoms with Crippen LogP contribution in [0, 0.1) is 0 Å². The van der Waals surface area contributed by atoms with Crippen molar-refractivity contribution in [2.24, 2.45) is 0 Å². The predicted octanol–water partition coefficient (Wildman–Crippen LogP) is 5.61. The Kier molecular flexibility index (Phi) is 11.4. The summed E-state index contributed by atoms with van der Waals surface area (Å²) in [5.74, 6) is 0.901. The lowest BCUT2D eigenvalue weighted by molar-refractivity contribution is -0.104. The molecule has 0 aliphatic heterocycles. The zero-order valence-corrected chi connectivity index (χ0v) is 14.4. The first-order chi connectivity index (χ1) is 10.5. The molecule has 0 aliphatic carbocycles. The molecule has 0 amide bonds. The van der Waals surface area contributed by atoms with Gasteiger partial charge in [-0.2, -0.15) is 0 Å². The van der Waals surface area contributed by atoms with Gasteiger partial charge in [0.25, 0.3) is 0 Å². The molecule has 0 saturated carbocycles. The Bertz CT molecular complexity index is 501. The highest BCUT2D eigenvalue weighted by Gasteiger charge is 1.88. The van der Waals surface area contributed by atoms with Gasteiger partial charge in [0.2, 0.25) is 0 Å². The number of carbonyl (C=O) groups is 1. The summed E-state index contributed by atoms with van der Waals surface area (Å²) in [6, 6.07) is 7.96. The lowest BCUT2D eigenvalue weighted by Crippen LogP contribution is -1.80. The first-order valence-electron chi connectivity index (χ1n) is 7.54. The van der Waals surface area contributed by atoms with Gasteiger partial charge in [-0.05, 0) is 64.3 Å². The van der Waals surface area contributed by atoms with Crippen LogP contribution < -0.4 is 4.74 Å². The van der Waals surface area contributed by atoms with Crippen LogP contribution in [0.2, 0.25) is 0 Å². The van der Waals surface area contributed by atoms with Crippen LogP contribution in [0.3, 0.4) is 0 Å². The highest BCUT2D eigenvalue weighted by atomic mass is 16.5. The van der Waals surface area contributed by atoms with Gasteiger partial charge in [0.15, 0.2) is 0 Å². The molecule has 1 aromatic carbocycles. The van der Waals surface area contributed by atoms with E-state index in [0.717, 1.165) is 30.5 Å². The van der Waals surface area contributed by atoms with Crippen molar-refractivity contribution in [3.63, 3.8) is 0 Å². The Hall–Kier alpha value is -2.09. The third kappa shape index (κ3) is 10.7. The van der Waals surface area contributed by atoms with E-state index in [9.17, 15) is 4.79 Å². The van der Waals surface area contributed by atoms with Crippen molar-refractivity contribution < 1.29 is 9.53 Å². The van der Waals surface area contributed by atoms with E-state index in [4.69, 9.17) is 4.74 Å². The fraction of sp³-hybridized carbons (Fsp3) is 0.350. The molecule has 1 aromatic rings. The van der Waals surface area contributed by atoms with E-state index >= 15 is 0 Å². The van der Waals surface area contributed by atoms with E-state index in [2.05, 4.69) is 26.0 Å². The second-order valence-corrected chi connectivity index (χ2v) is 5.24. The Balaban J connectivity index is 0.000000401. The van der Waals surface area contributed by atoms with Crippen LogP contribution in [0.5, 0.6) is 5.75 Å². The Morgan fingerprint density at radius 3 is 2.23 bits per heavy atom. The van der Waals surface area contributed by atoms with Gasteiger partial charge >= 0.3 is 0 Å².